The number of carboxylic acid groups (broad SMARTS) is 1. The van der Waals surface area contributed by atoms with Crippen LogP contribution in [0.2, 0.25) is 0 Å². The highest BCUT2D eigenvalue weighted by Crippen LogP contribution is 2.36. The van der Waals surface area contributed by atoms with Gasteiger partial charge < -0.3 is 10.0 Å². The zero-order chi connectivity index (χ0) is 18.0. The molecule has 2 heterocycles. The van der Waals surface area contributed by atoms with E-state index in [4.69, 9.17) is 0 Å². The SMILES string of the molecule is CC(C)=CCC1(C(=O)O)CCCN(S(=O)(=O)N2CCN(C)CC2)C1. The molecule has 7 nitrogen and oxygen atoms in total. The van der Waals surface area contributed by atoms with Gasteiger partial charge in [0.2, 0.25) is 0 Å². The van der Waals surface area contributed by atoms with Crippen LogP contribution in [0.4, 0.5) is 0 Å². The van der Waals surface area contributed by atoms with Gasteiger partial charge >= 0.3 is 5.97 Å². The van der Waals surface area contributed by atoms with Gasteiger partial charge in [-0.25, -0.2) is 0 Å². The second kappa shape index (κ2) is 7.51. The highest BCUT2D eigenvalue weighted by molar-refractivity contribution is 7.86. The van der Waals surface area contributed by atoms with Crippen LogP contribution in [0.5, 0.6) is 0 Å². The number of aliphatic carboxylic acids is 1. The maximum absolute atomic E-state index is 12.9. The summed E-state index contributed by atoms with van der Waals surface area (Å²) in [6.45, 7) is 6.64. The van der Waals surface area contributed by atoms with E-state index in [1.807, 2.05) is 27.0 Å². The molecule has 0 saturated carbocycles. The van der Waals surface area contributed by atoms with E-state index < -0.39 is 21.6 Å². The van der Waals surface area contributed by atoms with Crippen molar-refractivity contribution in [2.75, 3.05) is 46.3 Å². The van der Waals surface area contributed by atoms with Gasteiger partial charge in [-0.05, 0) is 40.2 Å². The van der Waals surface area contributed by atoms with Crippen LogP contribution in [0.3, 0.4) is 0 Å². The molecule has 2 aliphatic rings. The first kappa shape index (κ1) is 19.4. The van der Waals surface area contributed by atoms with Crippen LogP contribution < -0.4 is 0 Å². The Labute approximate surface area is 145 Å². The lowest BCUT2D eigenvalue weighted by Gasteiger charge is -2.42. The van der Waals surface area contributed by atoms with E-state index in [0.717, 1.165) is 5.57 Å². The number of rotatable bonds is 5. The topological polar surface area (TPSA) is 81.2 Å². The zero-order valence-corrected chi connectivity index (χ0v) is 15.7. The lowest BCUT2D eigenvalue weighted by Crippen LogP contribution is -2.56. The fraction of sp³-hybridized carbons (Fsp3) is 0.812. The van der Waals surface area contributed by atoms with E-state index in [1.54, 1.807) is 0 Å². The number of allylic oxidation sites excluding steroid dienone is 2. The van der Waals surface area contributed by atoms with Crippen molar-refractivity contribution in [2.24, 2.45) is 5.41 Å². The zero-order valence-electron chi connectivity index (χ0n) is 14.9. The first-order valence-electron chi connectivity index (χ1n) is 8.48. The number of carboxylic acids is 1. The summed E-state index contributed by atoms with van der Waals surface area (Å²) in [4.78, 5) is 14.0. The molecule has 0 spiro atoms. The minimum Gasteiger partial charge on any atom is -0.481 e. The second-order valence-electron chi connectivity index (χ2n) is 7.22. The molecule has 8 heteroatoms. The first-order chi connectivity index (χ1) is 11.2. The number of nitrogens with zero attached hydrogens (tertiary/aromatic N) is 3. The first-order valence-corrected chi connectivity index (χ1v) is 9.88. The van der Waals surface area contributed by atoms with Gasteiger partial charge in [0, 0.05) is 39.3 Å². The average molecular weight is 359 g/mol. The van der Waals surface area contributed by atoms with Crippen molar-refractivity contribution < 1.29 is 18.3 Å². The highest BCUT2D eigenvalue weighted by Gasteiger charge is 2.46. The summed E-state index contributed by atoms with van der Waals surface area (Å²) in [5, 5.41) is 9.76. The molecule has 0 bridgehead atoms. The van der Waals surface area contributed by atoms with Crippen LogP contribution in [0, 0.1) is 5.41 Å². The third-order valence-electron chi connectivity index (χ3n) is 5.01. The smallest absolute Gasteiger partial charge is 0.311 e. The van der Waals surface area contributed by atoms with E-state index in [0.29, 0.717) is 52.0 Å². The fourth-order valence-corrected chi connectivity index (χ4v) is 5.02. The maximum Gasteiger partial charge on any atom is 0.311 e. The van der Waals surface area contributed by atoms with Gasteiger partial charge in [0.25, 0.3) is 10.2 Å². The number of carbonyl (C=O) groups is 1. The van der Waals surface area contributed by atoms with E-state index in [9.17, 15) is 18.3 Å². The monoisotopic (exact) mass is 359 g/mol. The van der Waals surface area contributed by atoms with Gasteiger partial charge in [0.1, 0.15) is 0 Å². The molecular weight excluding hydrogens is 330 g/mol. The van der Waals surface area contributed by atoms with Gasteiger partial charge in [-0.3, -0.25) is 4.79 Å². The van der Waals surface area contributed by atoms with E-state index in [2.05, 4.69) is 4.90 Å². The third-order valence-corrected chi connectivity index (χ3v) is 6.99. The summed E-state index contributed by atoms with van der Waals surface area (Å²) in [6, 6.07) is 0. The number of piperidine rings is 1. The largest absolute Gasteiger partial charge is 0.481 e. The van der Waals surface area contributed by atoms with Crippen molar-refractivity contribution in [3.8, 4) is 0 Å². The van der Waals surface area contributed by atoms with Crippen LogP contribution >= 0.6 is 0 Å². The second-order valence-corrected chi connectivity index (χ2v) is 9.15. The summed E-state index contributed by atoms with van der Waals surface area (Å²) >= 11 is 0. The predicted octanol–water partition coefficient (Wildman–Crippen LogP) is 1.00. The molecule has 2 saturated heterocycles. The van der Waals surface area contributed by atoms with Gasteiger partial charge in [0.15, 0.2) is 0 Å². The number of hydrogen-bond acceptors (Lipinski definition) is 4. The Bertz CT molecular complexity index is 592. The quantitative estimate of drug-likeness (QED) is 0.741. The van der Waals surface area contributed by atoms with Gasteiger partial charge in [-0.1, -0.05) is 11.6 Å². The average Bonchev–Trinajstić information content (AvgIpc) is 2.53. The van der Waals surface area contributed by atoms with Gasteiger partial charge in [-0.15, -0.1) is 0 Å². The fourth-order valence-electron chi connectivity index (χ4n) is 3.30. The highest BCUT2D eigenvalue weighted by atomic mass is 32.2. The Morgan fingerprint density at radius 3 is 2.29 bits per heavy atom. The molecule has 2 aliphatic heterocycles. The summed E-state index contributed by atoms with van der Waals surface area (Å²) in [6.07, 6.45) is 3.37. The molecule has 0 aliphatic carbocycles. The van der Waals surface area contributed by atoms with Crippen molar-refractivity contribution >= 4 is 16.2 Å². The van der Waals surface area contributed by atoms with Gasteiger partial charge in [0.05, 0.1) is 5.41 Å². The summed E-state index contributed by atoms with van der Waals surface area (Å²) in [5.74, 6) is -0.904. The Kier molecular flexibility index (Phi) is 6.06. The molecule has 1 unspecified atom stereocenters. The number of hydrogen-bond donors (Lipinski definition) is 1. The third kappa shape index (κ3) is 4.17. The van der Waals surface area contributed by atoms with Crippen molar-refractivity contribution in [3.05, 3.63) is 11.6 Å². The van der Waals surface area contributed by atoms with Crippen molar-refractivity contribution in [1.29, 1.82) is 0 Å². The lowest BCUT2D eigenvalue weighted by atomic mass is 9.77. The van der Waals surface area contributed by atoms with Crippen LogP contribution in [0.25, 0.3) is 0 Å². The Morgan fingerprint density at radius 1 is 1.12 bits per heavy atom. The number of piperazine rings is 1. The van der Waals surface area contributed by atoms with Crippen molar-refractivity contribution in [1.82, 2.24) is 13.5 Å². The molecule has 138 valence electrons. The minimum atomic E-state index is -3.60. The molecule has 0 radical (unpaired) electrons. The van der Waals surface area contributed by atoms with E-state index in [1.165, 1.54) is 8.61 Å². The molecule has 0 aromatic rings. The molecule has 0 amide bonds. The molecule has 1 atom stereocenters. The van der Waals surface area contributed by atoms with Crippen molar-refractivity contribution in [2.45, 2.75) is 33.1 Å². The Balaban J connectivity index is 2.18. The van der Waals surface area contributed by atoms with E-state index in [-0.39, 0.29) is 6.54 Å². The molecule has 0 aromatic heterocycles. The normalized spacial score (nSPS) is 27.8. The Morgan fingerprint density at radius 2 is 1.75 bits per heavy atom. The standard InChI is InChI=1S/C16H29N3O4S/c1-14(2)5-7-16(15(20)21)6-4-8-19(13-16)24(22,23)18-11-9-17(3)10-12-18/h5H,4,6-13H2,1-3H3,(H,20,21). The molecule has 1 N–H and O–H groups in total. The van der Waals surface area contributed by atoms with E-state index >= 15 is 0 Å². The van der Waals surface area contributed by atoms with Crippen molar-refractivity contribution in [3.63, 3.8) is 0 Å². The molecule has 0 aromatic carbocycles. The van der Waals surface area contributed by atoms with Crippen LogP contribution in [0.15, 0.2) is 11.6 Å². The maximum atomic E-state index is 12.9. The summed E-state index contributed by atoms with van der Waals surface area (Å²) in [7, 11) is -1.62. The lowest BCUT2D eigenvalue weighted by molar-refractivity contribution is -0.151. The minimum absolute atomic E-state index is 0.0563. The van der Waals surface area contributed by atoms with Crippen LogP contribution in [-0.2, 0) is 15.0 Å². The molecule has 24 heavy (non-hydrogen) atoms. The summed E-state index contributed by atoms with van der Waals surface area (Å²) < 4.78 is 28.7. The molecule has 2 rings (SSSR count). The summed E-state index contributed by atoms with van der Waals surface area (Å²) in [5.41, 5.74) is 0.0319. The predicted molar refractivity (Wildman–Crippen MR) is 92.9 cm³/mol. The van der Waals surface area contributed by atoms with Crippen LogP contribution in [-0.4, -0.2) is 79.3 Å². The molecule has 2 fully saturated rings. The Hall–Kier alpha value is -0.960. The number of likely N-dealkylation sites (N-methyl/N-ethyl adjacent to an activating group) is 1. The molecular formula is C16H29N3O4S. The van der Waals surface area contributed by atoms with Crippen LogP contribution in [0.1, 0.15) is 33.1 Å². The van der Waals surface area contributed by atoms with Gasteiger partial charge in [-0.2, -0.15) is 17.0 Å².